The molecule has 2 aliphatic heterocycles. The molecule has 52 heavy (non-hydrogen) atoms. The van der Waals surface area contributed by atoms with Crippen molar-refractivity contribution in [1.82, 2.24) is 40.8 Å². The van der Waals surface area contributed by atoms with E-state index in [1.54, 1.807) is 30.6 Å². The first-order valence-electron chi connectivity index (χ1n) is 18.0. The van der Waals surface area contributed by atoms with E-state index in [-0.39, 0.29) is 29.6 Å². The second-order valence-corrected chi connectivity index (χ2v) is 13.2. The van der Waals surface area contributed by atoms with Crippen molar-refractivity contribution in [2.45, 2.75) is 70.9 Å². The van der Waals surface area contributed by atoms with E-state index in [0.29, 0.717) is 30.2 Å². The Bertz CT molecular complexity index is 2010. The highest BCUT2D eigenvalue weighted by atomic mass is 19.1. The summed E-state index contributed by atoms with van der Waals surface area (Å²) in [5.41, 5.74) is 10.2. The first-order chi connectivity index (χ1) is 25.4. The Kier molecular flexibility index (Phi) is 12.5. The number of rotatable bonds is 11. The van der Waals surface area contributed by atoms with Crippen LogP contribution in [0.3, 0.4) is 0 Å². The van der Waals surface area contributed by atoms with E-state index in [0.717, 1.165) is 98.4 Å². The molecule has 13 heteroatoms. The standard InChI is InChI=1S/C23H27FN4O2.C16H18N4O2/c1-15-18(23(29)28-10-3-2-4-21(28)25-15)9-13-27-11-7-16(8-12-27)22-19-6-5-17(24)14-20(19)30-26-22;21-15(18-12-13-4-2-1-3-5-13)8-11-19-20-16(22)14-6-9-17-10-7-14/h5-6,14,16H,2-4,7-13H2,1H3;1-7,9-10,19H,8,11-12H2,(H,18,21)(H,20,22). The van der Waals surface area contributed by atoms with Gasteiger partial charge in [0.05, 0.1) is 5.69 Å². The van der Waals surface area contributed by atoms with Gasteiger partial charge in [0.2, 0.25) is 5.91 Å². The van der Waals surface area contributed by atoms with Crippen LogP contribution in [0.5, 0.6) is 0 Å². The van der Waals surface area contributed by atoms with Crippen molar-refractivity contribution in [3.63, 3.8) is 0 Å². The summed E-state index contributed by atoms with van der Waals surface area (Å²) in [4.78, 5) is 47.3. The second kappa shape index (κ2) is 17.8. The lowest BCUT2D eigenvalue weighted by molar-refractivity contribution is -0.121. The predicted octanol–water partition coefficient (Wildman–Crippen LogP) is 4.61. The molecule has 3 N–H and O–H groups in total. The average Bonchev–Trinajstić information content (AvgIpc) is 3.60. The van der Waals surface area contributed by atoms with Gasteiger partial charge in [0.25, 0.3) is 11.5 Å². The van der Waals surface area contributed by atoms with E-state index in [9.17, 15) is 18.8 Å². The van der Waals surface area contributed by atoms with Crippen LogP contribution in [0.25, 0.3) is 11.0 Å². The minimum atomic E-state index is -0.303. The van der Waals surface area contributed by atoms with Gasteiger partial charge in [0.1, 0.15) is 11.6 Å². The number of hydrogen-bond donors (Lipinski definition) is 3. The number of hydrogen-bond acceptors (Lipinski definition) is 9. The van der Waals surface area contributed by atoms with Gasteiger partial charge in [-0.3, -0.25) is 29.4 Å². The number of carbonyl (C=O) groups excluding carboxylic acids is 2. The fourth-order valence-electron chi connectivity index (χ4n) is 6.72. The van der Waals surface area contributed by atoms with E-state index in [1.165, 1.54) is 12.1 Å². The lowest BCUT2D eigenvalue weighted by atomic mass is 9.91. The highest BCUT2D eigenvalue weighted by Gasteiger charge is 2.26. The van der Waals surface area contributed by atoms with Crippen molar-refractivity contribution in [2.24, 2.45) is 0 Å². The van der Waals surface area contributed by atoms with Crippen LogP contribution < -0.4 is 21.7 Å². The maximum atomic E-state index is 13.4. The van der Waals surface area contributed by atoms with Crippen LogP contribution >= 0.6 is 0 Å². The maximum Gasteiger partial charge on any atom is 0.265 e. The number of carbonyl (C=O) groups is 2. The van der Waals surface area contributed by atoms with Crippen LogP contribution in [0, 0.1) is 12.7 Å². The molecule has 12 nitrogen and oxygen atoms in total. The van der Waals surface area contributed by atoms with Gasteiger partial charge in [0, 0.05) is 85.6 Å². The Balaban J connectivity index is 0.000000188. The number of aryl methyl sites for hydroxylation is 2. The van der Waals surface area contributed by atoms with E-state index in [4.69, 9.17) is 9.51 Å². The van der Waals surface area contributed by atoms with Crippen LogP contribution in [0.2, 0.25) is 0 Å². The Hall–Kier alpha value is -5.27. The van der Waals surface area contributed by atoms with E-state index >= 15 is 0 Å². The second-order valence-electron chi connectivity index (χ2n) is 13.2. The van der Waals surface area contributed by atoms with Gasteiger partial charge in [-0.05, 0) is 81.9 Å². The third-order valence-corrected chi connectivity index (χ3v) is 9.65. The number of fused-ring (bicyclic) bond motifs is 2. The van der Waals surface area contributed by atoms with E-state index < -0.39 is 0 Å². The molecule has 0 atom stereocenters. The summed E-state index contributed by atoms with van der Waals surface area (Å²) in [5.74, 6) is 0.642. The molecule has 7 rings (SSSR count). The van der Waals surface area contributed by atoms with Gasteiger partial charge in [-0.25, -0.2) is 14.8 Å². The molecular formula is C39H45FN8O4. The molecule has 0 unspecified atom stereocenters. The number of likely N-dealkylation sites (tertiary alicyclic amines) is 1. The van der Waals surface area contributed by atoms with Crippen LogP contribution in [0.1, 0.15) is 76.7 Å². The Labute approximate surface area is 301 Å². The topological polar surface area (TPSA) is 147 Å². The maximum absolute atomic E-state index is 13.4. The number of piperidine rings is 1. The summed E-state index contributed by atoms with van der Waals surface area (Å²) >= 11 is 0. The molecule has 0 saturated carbocycles. The van der Waals surface area contributed by atoms with Crippen molar-refractivity contribution in [2.75, 3.05) is 26.2 Å². The van der Waals surface area contributed by atoms with Crippen LogP contribution in [-0.4, -0.2) is 62.6 Å². The molecule has 0 bridgehead atoms. The third kappa shape index (κ3) is 9.53. The quantitative estimate of drug-likeness (QED) is 0.132. The highest BCUT2D eigenvalue weighted by molar-refractivity contribution is 5.93. The summed E-state index contributed by atoms with van der Waals surface area (Å²) in [6.07, 6.45) is 9.19. The normalized spacial score (nSPS) is 14.7. The zero-order chi connectivity index (χ0) is 36.3. The third-order valence-electron chi connectivity index (χ3n) is 9.65. The molecule has 2 amide bonds. The number of aromatic nitrogens is 4. The van der Waals surface area contributed by atoms with E-state index in [2.05, 4.69) is 31.2 Å². The molecule has 3 aromatic heterocycles. The van der Waals surface area contributed by atoms with Crippen molar-refractivity contribution < 1.29 is 18.5 Å². The summed E-state index contributed by atoms with van der Waals surface area (Å²) < 4.78 is 20.6. The van der Waals surface area contributed by atoms with Crippen molar-refractivity contribution >= 4 is 22.8 Å². The Morgan fingerprint density at radius 1 is 1.00 bits per heavy atom. The first-order valence-corrected chi connectivity index (χ1v) is 18.0. The Morgan fingerprint density at radius 2 is 1.79 bits per heavy atom. The SMILES string of the molecule is Cc1nc2n(c(=O)c1CCN1CCC(c3noc4cc(F)ccc34)CC1)CCCC2.O=C(CCNNC(=O)c1ccncc1)NCc1ccccc1. The number of nitrogens with one attached hydrogen (secondary N) is 3. The molecule has 5 aromatic rings. The number of nitrogens with zero attached hydrogens (tertiary/aromatic N) is 5. The average molecular weight is 709 g/mol. The van der Waals surface area contributed by atoms with Gasteiger partial charge in [-0.2, -0.15) is 0 Å². The van der Waals surface area contributed by atoms with E-state index in [1.807, 2.05) is 41.8 Å². The number of amides is 2. The molecule has 1 saturated heterocycles. The molecule has 2 aliphatic rings. The molecule has 1 fully saturated rings. The minimum Gasteiger partial charge on any atom is -0.356 e. The van der Waals surface area contributed by atoms with Crippen molar-refractivity contribution in [3.8, 4) is 0 Å². The highest BCUT2D eigenvalue weighted by Crippen LogP contribution is 2.32. The van der Waals surface area contributed by atoms with Crippen molar-refractivity contribution in [1.29, 1.82) is 0 Å². The molecule has 272 valence electrons. The molecular weight excluding hydrogens is 663 g/mol. The first kappa shape index (κ1) is 36.5. The summed E-state index contributed by atoms with van der Waals surface area (Å²) in [7, 11) is 0. The fourth-order valence-corrected chi connectivity index (χ4v) is 6.72. The van der Waals surface area contributed by atoms with Crippen LogP contribution in [-0.2, 0) is 30.7 Å². The van der Waals surface area contributed by atoms with Gasteiger partial charge in [-0.15, -0.1) is 0 Å². The molecule has 0 radical (unpaired) electrons. The molecule has 0 spiro atoms. The number of pyridine rings is 1. The van der Waals surface area contributed by atoms with Gasteiger partial charge in [-0.1, -0.05) is 35.5 Å². The summed E-state index contributed by atoms with van der Waals surface area (Å²) in [5, 5.41) is 7.96. The van der Waals surface area contributed by atoms with Gasteiger partial charge < -0.3 is 14.7 Å². The predicted molar refractivity (Wildman–Crippen MR) is 195 cm³/mol. The lowest BCUT2D eigenvalue weighted by Gasteiger charge is -2.31. The monoisotopic (exact) mass is 708 g/mol. The fraction of sp³-hybridized carbons (Fsp3) is 0.385. The summed E-state index contributed by atoms with van der Waals surface area (Å²) in [6.45, 7) is 6.42. The minimum absolute atomic E-state index is 0.0745. The number of halogens is 1. The van der Waals surface area contributed by atoms with Gasteiger partial charge in [0.15, 0.2) is 5.58 Å². The Morgan fingerprint density at radius 3 is 2.58 bits per heavy atom. The van der Waals surface area contributed by atoms with Crippen LogP contribution in [0.15, 0.2) is 82.4 Å². The number of benzene rings is 2. The molecule has 0 aliphatic carbocycles. The largest absolute Gasteiger partial charge is 0.356 e. The number of hydrazine groups is 1. The van der Waals surface area contributed by atoms with Crippen LogP contribution in [0.4, 0.5) is 4.39 Å². The summed E-state index contributed by atoms with van der Waals surface area (Å²) in [6, 6.07) is 17.5. The molecule has 5 heterocycles. The zero-order valence-electron chi connectivity index (χ0n) is 29.4. The molecule has 2 aromatic carbocycles. The lowest BCUT2D eigenvalue weighted by Crippen LogP contribution is -2.39. The zero-order valence-corrected chi connectivity index (χ0v) is 29.4. The van der Waals surface area contributed by atoms with Gasteiger partial charge >= 0.3 is 0 Å². The van der Waals surface area contributed by atoms with Crippen molar-refractivity contribution in [3.05, 3.63) is 123 Å². The smallest absolute Gasteiger partial charge is 0.265 e.